The highest BCUT2D eigenvalue weighted by Crippen LogP contribution is 2.58. The van der Waals surface area contributed by atoms with E-state index in [0.29, 0.717) is 52.0 Å². The van der Waals surface area contributed by atoms with E-state index in [1.54, 1.807) is 23.9 Å². The van der Waals surface area contributed by atoms with Gasteiger partial charge in [0.1, 0.15) is 0 Å². The first-order valence-corrected chi connectivity index (χ1v) is 11.1. The van der Waals surface area contributed by atoms with E-state index in [0.717, 1.165) is 0 Å². The van der Waals surface area contributed by atoms with Crippen molar-refractivity contribution >= 4 is 22.0 Å². The van der Waals surface area contributed by atoms with Crippen LogP contribution in [0.3, 0.4) is 0 Å². The molecule has 0 aromatic heterocycles. The molecule has 3 fully saturated rings. The van der Waals surface area contributed by atoms with Crippen molar-refractivity contribution in [3.8, 4) is 0 Å². The van der Waals surface area contributed by atoms with Crippen molar-refractivity contribution in [1.29, 1.82) is 0 Å². The van der Waals surface area contributed by atoms with Crippen molar-refractivity contribution in [1.82, 2.24) is 19.0 Å². The number of carbonyl (C=O) groups is 2. The number of nitrogens with zero attached hydrogens (tertiary/aromatic N) is 4. The molecule has 0 saturated carbocycles. The summed E-state index contributed by atoms with van der Waals surface area (Å²) in [5, 5.41) is 0. The molecule has 9 heteroatoms. The van der Waals surface area contributed by atoms with Gasteiger partial charge in [-0.1, -0.05) is 0 Å². The van der Waals surface area contributed by atoms with E-state index in [1.807, 2.05) is 11.8 Å². The first-order chi connectivity index (χ1) is 12.1. The van der Waals surface area contributed by atoms with Crippen molar-refractivity contribution in [3.05, 3.63) is 0 Å². The van der Waals surface area contributed by atoms with E-state index < -0.39 is 15.4 Å². The number of amides is 3. The summed E-state index contributed by atoms with van der Waals surface area (Å²) in [7, 11) is 0.103. The van der Waals surface area contributed by atoms with Gasteiger partial charge < -0.3 is 14.7 Å². The number of hydrogen-bond donors (Lipinski definition) is 0. The number of piperidine rings is 1. The topological polar surface area (TPSA) is 81.2 Å². The van der Waals surface area contributed by atoms with Crippen molar-refractivity contribution in [2.24, 2.45) is 10.8 Å². The first-order valence-electron chi connectivity index (χ1n) is 9.27. The minimum Gasteiger partial charge on any atom is -0.342 e. The van der Waals surface area contributed by atoms with Crippen LogP contribution in [0.5, 0.6) is 0 Å². The van der Waals surface area contributed by atoms with Crippen molar-refractivity contribution in [2.75, 3.05) is 59.6 Å². The summed E-state index contributed by atoms with van der Waals surface area (Å²) in [6.07, 6.45) is 3.26. The summed E-state index contributed by atoms with van der Waals surface area (Å²) in [5.41, 5.74) is -1.01. The molecule has 0 aromatic carbocycles. The molecule has 3 amide bonds. The molecule has 3 heterocycles. The molecule has 0 aliphatic carbocycles. The second-order valence-electron chi connectivity index (χ2n) is 8.19. The maximum Gasteiger partial charge on any atom is 0.319 e. The quantitative estimate of drug-likeness (QED) is 0.682. The van der Waals surface area contributed by atoms with E-state index in [-0.39, 0.29) is 23.9 Å². The third-order valence-electron chi connectivity index (χ3n) is 6.67. The zero-order valence-corrected chi connectivity index (χ0v) is 17.0. The SMILES string of the molecule is CCN1CC[C@]2(CN(S(C)(=O)=O)CC23CCN(C(=O)N(C)C)CC3)C1=O. The standard InChI is InChI=1S/C17H30N4O4S/c1-5-19-11-8-17(14(19)22)13-21(26(4,24)25)12-16(17)6-9-20(10-7-16)15(23)18(2)3/h5-13H2,1-4H3/t17-/m0/s1. The molecule has 0 aromatic rings. The molecule has 0 bridgehead atoms. The van der Waals surface area contributed by atoms with Gasteiger partial charge in [0, 0.05) is 58.8 Å². The van der Waals surface area contributed by atoms with Crippen LogP contribution in [0.15, 0.2) is 0 Å². The normalized spacial score (nSPS) is 29.2. The Hall–Kier alpha value is -1.35. The van der Waals surface area contributed by atoms with Gasteiger partial charge in [-0.15, -0.1) is 0 Å². The van der Waals surface area contributed by atoms with Gasteiger partial charge in [0.15, 0.2) is 0 Å². The minimum absolute atomic E-state index is 0.0280. The molecule has 0 unspecified atom stereocenters. The second kappa shape index (κ2) is 6.37. The lowest BCUT2D eigenvalue weighted by atomic mass is 9.60. The Morgan fingerprint density at radius 2 is 1.73 bits per heavy atom. The molecule has 148 valence electrons. The lowest BCUT2D eigenvalue weighted by Gasteiger charge is -2.47. The van der Waals surface area contributed by atoms with Gasteiger partial charge >= 0.3 is 6.03 Å². The van der Waals surface area contributed by atoms with Crippen molar-refractivity contribution in [2.45, 2.75) is 26.2 Å². The van der Waals surface area contributed by atoms with Crippen LogP contribution in [0.1, 0.15) is 26.2 Å². The number of sulfonamides is 1. The monoisotopic (exact) mass is 386 g/mol. The van der Waals surface area contributed by atoms with Gasteiger partial charge in [-0.2, -0.15) is 0 Å². The predicted octanol–water partition coefficient (Wildman–Crippen LogP) is 0.264. The van der Waals surface area contributed by atoms with Crippen LogP contribution < -0.4 is 0 Å². The molecular weight excluding hydrogens is 356 g/mol. The van der Waals surface area contributed by atoms with Gasteiger partial charge in [-0.3, -0.25) is 4.79 Å². The molecular formula is C17H30N4O4S. The van der Waals surface area contributed by atoms with E-state index in [1.165, 1.54) is 10.6 Å². The Kier molecular flexibility index (Phi) is 4.75. The molecule has 3 aliphatic rings. The Balaban J connectivity index is 1.91. The van der Waals surface area contributed by atoms with Crippen molar-refractivity contribution < 1.29 is 18.0 Å². The van der Waals surface area contributed by atoms with Gasteiger partial charge in [-0.25, -0.2) is 17.5 Å². The van der Waals surface area contributed by atoms with E-state index in [4.69, 9.17) is 0 Å². The number of urea groups is 1. The van der Waals surface area contributed by atoms with Gasteiger partial charge in [0.05, 0.1) is 11.7 Å². The van der Waals surface area contributed by atoms with Crippen LogP contribution in [-0.2, 0) is 14.8 Å². The van der Waals surface area contributed by atoms with Crippen LogP contribution >= 0.6 is 0 Å². The predicted molar refractivity (Wildman–Crippen MR) is 98.0 cm³/mol. The van der Waals surface area contributed by atoms with Gasteiger partial charge in [0.2, 0.25) is 15.9 Å². The zero-order valence-electron chi connectivity index (χ0n) is 16.2. The summed E-state index contributed by atoms with van der Waals surface area (Å²) in [4.78, 5) is 30.7. The molecule has 3 saturated heterocycles. The number of fused-ring (bicyclic) bond motifs is 1. The maximum absolute atomic E-state index is 13.2. The number of hydrogen-bond acceptors (Lipinski definition) is 4. The maximum atomic E-state index is 13.2. The number of carbonyl (C=O) groups excluding carboxylic acids is 2. The van der Waals surface area contributed by atoms with Crippen LogP contribution in [-0.4, -0.2) is 99.0 Å². The fourth-order valence-corrected chi connectivity index (χ4v) is 6.01. The highest BCUT2D eigenvalue weighted by molar-refractivity contribution is 7.88. The Morgan fingerprint density at radius 3 is 2.19 bits per heavy atom. The lowest BCUT2D eigenvalue weighted by molar-refractivity contribution is -0.141. The van der Waals surface area contributed by atoms with E-state index in [9.17, 15) is 18.0 Å². The third kappa shape index (κ3) is 2.79. The molecule has 2 spiro atoms. The summed E-state index contributed by atoms with van der Waals surface area (Å²) in [5.74, 6) is 0.0959. The van der Waals surface area contributed by atoms with Gasteiger partial charge in [-0.05, 0) is 26.2 Å². The van der Waals surface area contributed by atoms with Crippen molar-refractivity contribution in [3.63, 3.8) is 0 Å². The van der Waals surface area contributed by atoms with Crippen LogP contribution in [0, 0.1) is 10.8 Å². The minimum atomic E-state index is -3.36. The van der Waals surface area contributed by atoms with Gasteiger partial charge in [0.25, 0.3) is 0 Å². The molecule has 0 N–H and O–H groups in total. The molecule has 26 heavy (non-hydrogen) atoms. The summed E-state index contributed by atoms with van der Waals surface area (Å²) in [6, 6.07) is -0.0280. The first kappa shape index (κ1) is 19.4. The third-order valence-corrected chi connectivity index (χ3v) is 7.87. The second-order valence-corrected chi connectivity index (χ2v) is 10.2. The van der Waals surface area contributed by atoms with Crippen LogP contribution in [0.4, 0.5) is 4.79 Å². The summed E-state index contributed by atoms with van der Waals surface area (Å²) < 4.78 is 26.0. The highest BCUT2D eigenvalue weighted by Gasteiger charge is 2.66. The van der Waals surface area contributed by atoms with E-state index >= 15 is 0 Å². The summed E-state index contributed by atoms with van der Waals surface area (Å²) in [6.45, 7) is 5.11. The van der Waals surface area contributed by atoms with Crippen LogP contribution in [0.2, 0.25) is 0 Å². The molecule has 3 rings (SSSR count). The molecule has 3 aliphatic heterocycles. The number of rotatable bonds is 2. The average Bonchev–Trinajstić information content (AvgIpc) is 3.07. The zero-order chi connectivity index (χ0) is 19.3. The fraction of sp³-hybridized carbons (Fsp3) is 0.882. The fourth-order valence-electron chi connectivity index (χ4n) is 5.07. The van der Waals surface area contributed by atoms with E-state index in [2.05, 4.69) is 0 Å². The molecule has 0 radical (unpaired) electrons. The summed E-state index contributed by atoms with van der Waals surface area (Å²) >= 11 is 0. The molecule has 8 nitrogen and oxygen atoms in total. The number of likely N-dealkylation sites (tertiary alicyclic amines) is 2. The van der Waals surface area contributed by atoms with Crippen LogP contribution in [0.25, 0.3) is 0 Å². The lowest BCUT2D eigenvalue weighted by Crippen LogP contribution is -2.54. The average molecular weight is 387 g/mol. The largest absolute Gasteiger partial charge is 0.342 e. The Bertz CT molecular complexity index is 700. The molecule has 1 atom stereocenters. The highest BCUT2D eigenvalue weighted by atomic mass is 32.2. The Morgan fingerprint density at radius 1 is 1.12 bits per heavy atom. The smallest absolute Gasteiger partial charge is 0.319 e. The Labute approximate surface area is 156 Å².